The normalized spacial score (nSPS) is 10.8. The molecule has 0 radical (unpaired) electrons. The van der Waals surface area contributed by atoms with Crippen molar-refractivity contribution in [1.29, 1.82) is 0 Å². The molecular weight excluding hydrogens is 257 g/mol. The zero-order valence-electron chi connectivity index (χ0n) is 10.7. The van der Waals surface area contributed by atoms with Gasteiger partial charge in [-0.15, -0.1) is 0 Å². The van der Waals surface area contributed by atoms with Gasteiger partial charge in [-0.1, -0.05) is 6.07 Å². The van der Waals surface area contributed by atoms with Crippen LogP contribution in [-0.4, -0.2) is 10.8 Å². The maximum atomic E-state index is 13.1. The number of nitrogens with zero attached hydrogens (tertiary/aromatic N) is 1. The van der Waals surface area contributed by atoms with Crippen LogP contribution in [0.1, 0.15) is 22.5 Å². The first-order chi connectivity index (χ1) is 9.72. The number of Topliss-reactive ketones (excluding diaryl/α,β-unsaturated/α-hetero) is 1. The van der Waals surface area contributed by atoms with Gasteiger partial charge in [-0.25, -0.2) is 4.39 Å². The van der Waals surface area contributed by atoms with Crippen LogP contribution >= 0.6 is 0 Å². The van der Waals surface area contributed by atoms with Gasteiger partial charge >= 0.3 is 0 Å². The summed E-state index contributed by atoms with van der Waals surface area (Å²) in [6.45, 7) is 0. The first-order valence-corrected chi connectivity index (χ1v) is 6.33. The van der Waals surface area contributed by atoms with Crippen molar-refractivity contribution in [2.45, 2.75) is 12.8 Å². The smallest absolute Gasteiger partial charge is 0.198 e. The molecule has 0 unspecified atom stereocenters. The van der Waals surface area contributed by atoms with Crippen molar-refractivity contribution >= 4 is 16.8 Å². The van der Waals surface area contributed by atoms with E-state index in [0.717, 1.165) is 5.56 Å². The van der Waals surface area contributed by atoms with Gasteiger partial charge in [0.25, 0.3) is 0 Å². The van der Waals surface area contributed by atoms with Crippen molar-refractivity contribution in [3.63, 3.8) is 0 Å². The average molecular weight is 269 g/mol. The lowest BCUT2D eigenvalue weighted by Crippen LogP contribution is -1.99. The first kappa shape index (κ1) is 12.5. The minimum Gasteiger partial charge on any atom is -0.453 e. The lowest BCUT2D eigenvalue weighted by Gasteiger charge is -1.98. The van der Waals surface area contributed by atoms with Gasteiger partial charge in [0.05, 0.1) is 0 Å². The Bertz CT molecular complexity index is 750. The molecule has 3 aromatic rings. The molecule has 0 N–H and O–H groups in total. The largest absolute Gasteiger partial charge is 0.453 e. The zero-order valence-corrected chi connectivity index (χ0v) is 10.7. The quantitative estimate of drug-likeness (QED) is 0.677. The molecule has 100 valence electrons. The average Bonchev–Trinajstić information content (AvgIpc) is 2.89. The van der Waals surface area contributed by atoms with E-state index in [4.69, 9.17) is 4.42 Å². The Labute approximate surface area is 115 Å². The maximum absolute atomic E-state index is 13.1. The van der Waals surface area contributed by atoms with Gasteiger partial charge in [0.2, 0.25) is 0 Å². The first-order valence-electron chi connectivity index (χ1n) is 6.33. The molecule has 1 aromatic carbocycles. The maximum Gasteiger partial charge on any atom is 0.198 e. The number of aromatic nitrogens is 1. The summed E-state index contributed by atoms with van der Waals surface area (Å²) in [5.41, 5.74) is 1.53. The molecule has 2 aromatic heterocycles. The van der Waals surface area contributed by atoms with E-state index in [2.05, 4.69) is 4.98 Å². The predicted molar refractivity (Wildman–Crippen MR) is 73.1 cm³/mol. The van der Waals surface area contributed by atoms with Crippen LogP contribution in [0.25, 0.3) is 11.0 Å². The van der Waals surface area contributed by atoms with Crippen molar-refractivity contribution in [3.8, 4) is 0 Å². The van der Waals surface area contributed by atoms with Gasteiger partial charge in [-0.05, 0) is 42.3 Å². The summed E-state index contributed by atoms with van der Waals surface area (Å²) in [5, 5.41) is 0.606. The standard InChI is InChI=1S/C16H12FNO2/c17-13-4-6-15-12(8-13)9-16(20-15)14(19)5-3-11-2-1-7-18-10-11/h1-2,4,6-10H,3,5H2. The van der Waals surface area contributed by atoms with Gasteiger partial charge in [-0.3, -0.25) is 9.78 Å². The molecule has 0 aliphatic carbocycles. The number of fused-ring (bicyclic) bond motifs is 1. The lowest BCUT2D eigenvalue weighted by atomic mass is 10.1. The Morgan fingerprint density at radius 1 is 1.25 bits per heavy atom. The van der Waals surface area contributed by atoms with Crippen LogP contribution < -0.4 is 0 Å². The van der Waals surface area contributed by atoms with Crippen LogP contribution in [0.3, 0.4) is 0 Å². The minimum atomic E-state index is -0.340. The highest BCUT2D eigenvalue weighted by molar-refractivity contribution is 5.97. The third-order valence-corrected chi connectivity index (χ3v) is 3.12. The van der Waals surface area contributed by atoms with E-state index >= 15 is 0 Å². The summed E-state index contributed by atoms with van der Waals surface area (Å²) in [5.74, 6) is -0.160. The van der Waals surface area contributed by atoms with Crippen LogP contribution in [0.2, 0.25) is 0 Å². The molecule has 0 bridgehead atoms. The molecule has 2 heterocycles. The van der Waals surface area contributed by atoms with Crippen molar-refractivity contribution in [1.82, 2.24) is 4.98 Å². The Morgan fingerprint density at radius 2 is 2.15 bits per heavy atom. The molecule has 0 fully saturated rings. The van der Waals surface area contributed by atoms with E-state index < -0.39 is 0 Å². The third kappa shape index (κ3) is 2.59. The Hall–Kier alpha value is -2.49. The van der Waals surface area contributed by atoms with Gasteiger partial charge < -0.3 is 4.42 Å². The fourth-order valence-electron chi connectivity index (χ4n) is 2.08. The number of carbonyl (C=O) groups excluding carboxylic acids is 1. The summed E-state index contributed by atoms with van der Waals surface area (Å²) in [4.78, 5) is 16.1. The number of ketones is 1. The Morgan fingerprint density at radius 3 is 2.95 bits per heavy atom. The second-order valence-corrected chi connectivity index (χ2v) is 4.58. The van der Waals surface area contributed by atoms with E-state index in [1.165, 1.54) is 18.2 Å². The lowest BCUT2D eigenvalue weighted by molar-refractivity contribution is 0.0958. The summed E-state index contributed by atoms with van der Waals surface area (Å²) < 4.78 is 18.5. The molecule has 3 rings (SSSR count). The second kappa shape index (κ2) is 5.25. The van der Waals surface area contributed by atoms with Crippen molar-refractivity contribution in [2.24, 2.45) is 0 Å². The fraction of sp³-hybridized carbons (Fsp3) is 0.125. The molecule has 0 atom stereocenters. The molecule has 0 saturated heterocycles. The van der Waals surface area contributed by atoms with E-state index in [1.807, 2.05) is 12.1 Å². The molecule has 4 heteroatoms. The fourth-order valence-corrected chi connectivity index (χ4v) is 2.08. The molecular formula is C16H12FNO2. The highest BCUT2D eigenvalue weighted by Gasteiger charge is 2.12. The Balaban J connectivity index is 1.75. The molecule has 3 nitrogen and oxygen atoms in total. The van der Waals surface area contributed by atoms with Crippen molar-refractivity contribution < 1.29 is 13.6 Å². The number of hydrogen-bond acceptors (Lipinski definition) is 3. The topological polar surface area (TPSA) is 43.1 Å². The molecule has 0 aliphatic rings. The van der Waals surface area contributed by atoms with Gasteiger partial charge in [0, 0.05) is 24.2 Å². The third-order valence-electron chi connectivity index (χ3n) is 3.12. The summed E-state index contributed by atoms with van der Waals surface area (Å²) in [7, 11) is 0. The van der Waals surface area contributed by atoms with Crippen LogP contribution in [0.4, 0.5) is 4.39 Å². The van der Waals surface area contributed by atoms with Gasteiger partial charge in [0.15, 0.2) is 11.5 Å². The highest BCUT2D eigenvalue weighted by Crippen LogP contribution is 2.21. The monoisotopic (exact) mass is 269 g/mol. The Kier molecular flexibility index (Phi) is 3.29. The number of aryl methyl sites for hydroxylation is 1. The van der Waals surface area contributed by atoms with E-state index in [1.54, 1.807) is 18.5 Å². The van der Waals surface area contributed by atoms with Gasteiger partial charge in [0.1, 0.15) is 11.4 Å². The molecule has 0 aliphatic heterocycles. The molecule has 0 amide bonds. The summed E-state index contributed by atoms with van der Waals surface area (Å²) in [6, 6.07) is 9.55. The number of rotatable bonds is 4. The summed E-state index contributed by atoms with van der Waals surface area (Å²) in [6.07, 6.45) is 4.38. The highest BCUT2D eigenvalue weighted by atomic mass is 19.1. The van der Waals surface area contributed by atoms with Crippen LogP contribution in [0.5, 0.6) is 0 Å². The molecule has 20 heavy (non-hydrogen) atoms. The van der Waals surface area contributed by atoms with E-state index in [0.29, 0.717) is 23.8 Å². The molecule has 0 saturated carbocycles. The summed E-state index contributed by atoms with van der Waals surface area (Å²) >= 11 is 0. The van der Waals surface area contributed by atoms with Crippen molar-refractivity contribution in [2.75, 3.05) is 0 Å². The van der Waals surface area contributed by atoms with E-state index in [9.17, 15) is 9.18 Å². The number of furan rings is 1. The SMILES string of the molecule is O=C(CCc1cccnc1)c1cc2cc(F)ccc2o1. The number of carbonyl (C=O) groups is 1. The van der Waals surface area contributed by atoms with Crippen LogP contribution in [0, 0.1) is 5.82 Å². The number of hydrogen-bond donors (Lipinski definition) is 0. The van der Waals surface area contributed by atoms with Crippen molar-refractivity contribution in [3.05, 3.63) is 65.9 Å². The van der Waals surface area contributed by atoms with Crippen LogP contribution in [0.15, 0.2) is 53.2 Å². The number of halogens is 1. The van der Waals surface area contributed by atoms with E-state index in [-0.39, 0.29) is 17.4 Å². The minimum absolute atomic E-state index is 0.0922. The van der Waals surface area contributed by atoms with Gasteiger partial charge in [-0.2, -0.15) is 0 Å². The molecule has 0 spiro atoms. The predicted octanol–water partition coefficient (Wildman–Crippen LogP) is 3.78. The zero-order chi connectivity index (χ0) is 13.9. The van der Waals surface area contributed by atoms with Crippen LogP contribution in [-0.2, 0) is 6.42 Å². The number of pyridine rings is 1. The number of benzene rings is 1. The second-order valence-electron chi connectivity index (χ2n) is 4.58.